The molecule has 2 N–H and O–H groups in total. The molecule has 1 fully saturated rings. The Hall–Kier alpha value is -1.31. The zero-order valence-electron chi connectivity index (χ0n) is 12.2. The Kier molecular flexibility index (Phi) is 4.32. The summed E-state index contributed by atoms with van der Waals surface area (Å²) in [6.07, 6.45) is 3.64. The number of rotatable bonds is 5. The highest BCUT2D eigenvalue weighted by atomic mass is 32.1. The molecule has 7 heteroatoms. The minimum atomic E-state index is -0.103. The van der Waals surface area contributed by atoms with Gasteiger partial charge in [0.25, 0.3) is 5.56 Å². The zero-order chi connectivity index (χ0) is 14.8. The van der Waals surface area contributed by atoms with Gasteiger partial charge in [0.15, 0.2) is 0 Å². The molecule has 0 aromatic carbocycles. The lowest BCUT2D eigenvalue weighted by atomic mass is 10.0. The summed E-state index contributed by atoms with van der Waals surface area (Å²) in [7, 11) is 0. The topological polar surface area (TPSA) is 76.5 Å². The Morgan fingerprint density at radius 2 is 2.38 bits per heavy atom. The van der Waals surface area contributed by atoms with Gasteiger partial charge in [-0.3, -0.25) is 9.69 Å². The molecule has 1 aliphatic carbocycles. The smallest absolute Gasteiger partial charge is 0.275 e. The maximum absolute atomic E-state index is 12.0. The second-order valence-corrected chi connectivity index (χ2v) is 6.39. The van der Waals surface area contributed by atoms with E-state index in [0.717, 1.165) is 18.8 Å². The van der Waals surface area contributed by atoms with Crippen molar-refractivity contribution in [3.8, 4) is 0 Å². The van der Waals surface area contributed by atoms with Crippen LogP contribution in [0.3, 0.4) is 0 Å². The standard InChI is InChI=1S/C14H21N5OS/c1-2-18(12-5-3-4-10(12)7-15)8-11-6-13(20)19-14(17-11)21-9-16-19/h6,9-10,12H,2-5,7-8,15H2,1H3. The van der Waals surface area contributed by atoms with Gasteiger partial charge in [-0.05, 0) is 31.8 Å². The molecular weight excluding hydrogens is 286 g/mol. The van der Waals surface area contributed by atoms with Gasteiger partial charge >= 0.3 is 0 Å². The summed E-state index contributed by atoms with van der Waals surface area (Å²) in [5.41, 5.74) is 8.26. The van der Waals surface area contributed by atoms with Crippen LogP contribution in [0.2, 0.25) is 0 Å². The molecule has 3 rings (SSSR count). The minimum Gasteiger partial charge on any atom is -0.330 e. The van der Waals surface area contributed by atoms with E-state index in [1.165, 1.54) is 35.1 Å². The van der Waals surface area contributed by atoms with Crippen LogP contribution >= 0.6 is 11.3 Å². The van der Waals surface area contributed by atoms with Crippen LogP contribution < -0.4 is 11.3 Å². The molecule has 2 aromatic heterocycles. The van der Waals surface area contributed by atoms with Crippen molar-refractivity contribution < 1.29 is 0 Å². The predicted octanol–water partition coefficient (Wildman–Crippen LogP) is 1.10. The molecule has 2 unspecified atom stereocenters. The quantitative estimate of drug-likeness (QED) is 0.895. The van der Waals surface area contributed by atoms with Gasteiger partial charge in [-0.25, -0.2) is 4.98 Å². The minimum absolute atomic E-state index is 0.103. The van der Waals surface area contributed by atoms with Gasteiger partial charge in [-0.1, -0.05) is 24.7 Å². The van der Waals surface area contributed by atoms with Crippen molar-refractivity contribution in [2.24, 2.45) is 11.7 Å². The van der Waals surface area contributed by atoms with Gasteiger partial charge in [0.1, 0.15) is 5.51 Å². The summed E-state index contributed by atoms with van der Waals surface area (Å²) in [6.45, 7) is 4.56. The molecule has 114 valence electrons. The predicted molar refractivity (Wildman–Crippen MR) is 83.4 cm³/mol. The van der Waals surface area contributed by atoms with Crippen molar-refractivity contribution in [3.05, 3.63) is 27.6 Å². The fourth-order valence-corrected chi connectivity index (χ4v) is 3.97. The summed E-state index contributed by atoms with van der Waals surface area (Å²) in [5.74, 6) is 0.568. The fraction of sp³-hybridized carbons (Fsp3) is 0.643. The number of nitrogens with zero attached hydrogens (tertiary/aromatic N) is 4. The second kappa shape index (κ2) is 6.21. The highest BCUT2D eigenvalue weighted by Gasteiger charge is 2.30. The highest BCUT2D eigenvalue weighted by molar-refractivity contribution is 7.14. The molecular formula is C14H21N5OS. The largest absolute Gasteiger partial charge is 0.330 e. The van der Waals surface area contributed by atoms with Crippen molar-refractivity contribution in [1.29, 1.82) is 0 Å². The van der Waals surface area contributed by atoms with Crippen LogP contribution in [0, 0.1) is 5.92 Å². The molecule has 0 saturated heterocycles. The van der Waals surface area contributed by atoms with Crippen molar-refractivity contribution in [2.75, 3.05) is 13.1 Å². The lowest BCUT2D eigenvalue weighted by molar-refractivity contribution is 0.160. The van der Waals surface area contributed by atoms with Gasteiger partial charge in [0, 0.05) is 18.7 Å². The van der Waals surface area contributed by atoms with Gasteiger partial charge in [-0.2, -0.15) is 9.61 Å². The van der Waals surface area contributed by atoms with E-state index in [0.29, 0.717) is 23.5 Å². The Bertz CT molecular complexity index is 667. The number of nitrogens with two attached hydrogens (primary N) is 1. The van der Waals surface area contributed by atoms with E-state index in [4.69, 9.17) is 5.73 Å². The molecule has 0 bridgehead atoms. The molecule has 6 nitrogen and oxygen atoms in total. The number of hydrogen-bond acceptors (Lipinski definition) is 6. The molecule has 2 atom stereocenters. The Morgan fingerprint density at radius 3 is 3.14 bits per heavy atom. The van der Waals surface area contributed by atoms with E-state index in [9.17, 15) is 4.79 Å². The third-order valence-electron chi connectivity index (χ3n) is 4.40. The first-order valence-corrected chi connectivity index (χ1v) is 8.37. The van der Waals surface area contributed by atoms with E-state index in [-0.39, 0.29) is 5.56 Å². The van der Waals surface area contributed by atoms with Crippen LogP contribution in [-0.4, -0.2) is 38.6 Å². The van der Waals surface area contributed by atoms with E-state index in [2.05, 4.69) is 21.9 Å². The van der Waals surface area contributed by atoms with E-state index < -0.39 is 0 Å². The number of aromatic nitrogens is 3. The molecule has 0 spiro atoms. The summed E-state index contributed by atoms with van der Waals surface area (Å²) >= 11 is 1.39. The van der Waals surface area contributed by atoms with Crippen molar-refractivity contribution >= 4 is 16.3 Å². The first-order chi connectivity index (χ1) is 10.2. The maximum Gasteiger partial charge on any atom is 0.275 e. The normalized spacial score (nSPS) is 22.4. The van der Waals surface area contributed by atoms with E-state index >= 15 is 0 Å². The molecule has 0 aliphatic heterocycles. The van der Waals surface area contributed by atoms with Crippen LogP contribution in [0.1, 0.15) is 31.9 Å². The zero-order valence-corrected chi connectivity index (χ0v) is 13.1. The van der Waals surface area contributed by atoms with Gasteiger partial charge in [0.2, 0.25) is 4.96 Å². The second-order valence-electron chi connectivity index (χ2n) is 5.58. The fourth-order valence-electron chi connectivity index (χ4n) is 3.33. The average Bonchev–Trinajstić information content (AvgIpc) is 3.13. The van der Waals surface area contributed by atoms with Crippen LogP contribution in [0.4, 0.5) is 0 Å². The third kappa shape index (κ3) is 2.86. The van der Waals surface area contributed by atoms with Crippen molar-refractivity contribution in [1.82, 2.24) is 19.5 Å². The average molecular weight is 307 g/mol. The summed E-state index contributed by atoms with van der Waals surface area (Å²) < 4.78 is 1.35. The summed E-state index contributed by atoms with van der Waals surface area (Å²) in [5, 5.41) is 3.99. The van der Waals surface area contributed by atoms with Crippen molar-refractivity contribution in [3.63, 3.8) is 0 Å². The van der Waals surface area contributed by atoms with E-state index in [1.54, 1.807) is 11.6 Å². The lowest BCUT2D eigenvalue weighted by Crippen LogP contribution is -2.40. The molecule has 1 aliphatic rings. The first-order valence-electron chi connectivity index (χ1n) is 7.49. The first kappa shape index (κ1) is 14.6. The van der Waals surface area contributed by atoms with Gasteiger partial charge in [-0.15, -0.1) is 0 Å². The third-order valence-corrected chi connectivity index (χ3v) is 5.08. The molecule has 21 heavy (non-hydrogen) atoms. The van der Waals surface area contributed by atoms with Gasteiger partial charge < -0.3 is 5.73 Å². The molecule has 2 aromatic rings. The van der Waals surface area contributed by atoms with Gasteiger partial charge in [0.05, 0.1) is 5.69 Å². The van der Waals surface area contributed by atoms with Crippen molar-refractivity contribution in [2.45, 2.75) is 38.8 Å². The monoisotopic (exact) mass is 307 g/mol. The molecule has 0 radical (unpaired) electrons. The van der Waals surface area contributed by atoms with E-state index in [1.807, 2.05) is 0 Å². The maximum atomic E-state index is 12.0. The van der Waals surface area contributed by atoms with Crippen LogP contribution in [0.5, 0.6) is 0 Å². The Morgan fingerprint density at radius 1 is 1.52 bits per heavy atom. The SMILES string of the molecule is CCN(Cc1cc(=O)n2ncsc2n1)C1CCCC1CN. The molecule has 0 amide bonds. The lowest BCUT2D eigenvalue weighted by Gasteiger charge is -2.31. The molecule has 1 saturated carbocycles. The Labute approximate surface area is 127 Å². The number of hydrogen-bond donors (Lipinski definition) is 1. The summed E-state index contributed by atoms with van der Waals surface area (Å²) in [6, 6.07) is 2.11. The van der Waals surface area contributed by atoms with Crippen LogP contribution in [0.25, 0.3) is 4.96 Å². The highest BCUT2D eigenvalue weighted by Crippen LogP contribution is 2.29. The number of fused-ring (bicyclic) bond motifs is 1. The molecule has 2 heterocycles. The summed E-state index contributed by atoms with van der Waals surface area (Å²) in [4.78, 5) is 19.6. The van der Waals surface area contributed by atoms with Crippen LogP contribution in [0.15, 0.2) is 16.4 Å². The van der Waals surface area contributed by atoms with Crippen LogP contribution in [-0.2, 0) is 6.54 Å². The Balaban J connectivity index is 1.83.